The number of nitrogens with one attached hydrogen (secondary N) is 1. The second-order valence-corrected chi connectivity index (χ2v) is 4.89. The number of benzene rings is 2. The molecule has 1 aliphatic rings. The molecule has 20 heavy (non-hydrogen) atoms. The molecular weight excluding hydrogens is 258 g/mol. The SMILES string of the molecule is N#Cc1ccc(NC2CCc3cc(F)ccc32)c(F)c1. The minimum Gasteiger partial charge on any atom is -0.376 e. The van der Waals surface area contributed by atoms with E-state index < -0.39 is 5.82 Å². The maximum atomic E-state index is 13.9. The van der Waals surface area contributed by atoms with Crippen LogP contribution in [0.4, 0.5) is 14.5 Å². The van der Waals surface area contributed by atoms with Crippen LogP contribution in [-0.4, -0.2) is 0 Å². The molecule has 2 nitrogen and oxygen atoms in total. The van der Waals surface area contributed by atoms with Gasteiger partial charge in [0.15, 0.2) is 0 Å². The molecule has 4 heteroatoms. The highest BCUT2D eigenvalue weighted by atomic mass is 19.1. The molecule has 1 aliphatic carbocycles. The van der Waals surface area contributed by atoms with E-state index in [1.54, 1.807) is 18.2 Å². The summed E-state index contributed by atoms with van der Waals surface area (Å²) in [5.74, 6) is -0.687. The van der Waals surface area contributed by atoms with Gasteiger partial charge in [-0.05, 0) is 54.3 Å². The molecule has 0 amide bonds. The molecule has 1 N–H and O–H groups in total. The predicted octanol–water partition coefficient (Wildman–Crippen LogP) is 3.94. The molecule has 0 radical (unpaired) electrons. The quantitative estimate of drug-likeness (QED) is 0.897. The number of hydrogen-bond acceptors (Lipinski definition) is 2. The van der Waals surface area contributed by atoms with Crippen molar-refractivity contribution in [1.82, 2.24) is 0 Å². The fourth-order valence-electron chi connectivity index (χ4n) is 2.63. The van der Waals surface area contributed by atoms with E-state index in [1.807, 2.05) is 6.07 Å². The summed E-state index contributed by atoms with van der Waals surface area (Å²) in [5, 5.41) is 11.8. The first kappa shape index (κ1) is 12.6. The minimum absolute atomic E-state index is 0.0203. The summed E-state index contributed by atoms with van der Waals surface area (Å²) in [6.45, 7) is 0. The van der Waals surface area contributed by atoms with Crippen molar-refractivity contribution in [2.75, 3.05) is 5.32 Å². The Morgan fingerprint density at radius 3 is 2.75 bits per heavy atom. The Hall–Kier alpha value is -2.41. The zero-order valence-electron chi connectivity index (χ0n) is 10.7. The van der Waals surface area contributed by atoms with Gasteiger partial charge in [0.05, 0.1) is 23.4 Å². The van der Waals surface area contributed by atoms with E-state index in [0.717, 1.165) is 24.0 Å². The van der Waals surface area contributed by atoms with Crippen LogP contribution < -0.4 is 5.32 Å². The van der Waals surface area contributed by atoms with E-state index in [2.05, 4.69) is 5.32 Å². The molecule has 0 saturated carbocycles. The first-order chi connectivity index (χ1) is 9.67. The lowest BCUT2D eigenvalue weighted by Gasteiger charge is -2.16. The highest BCUT2D eigenvalue weighted by Crippen LogP contribution is 2.34. The first-order valence-electron chi connectivity index (χ1n) is 6.42. The number of fused-ring (bicyclic) bond motifs is 1. The Morgan fingerprint density at radius 1 is 1.15 bits per heavy atom. The summed E-state index contributed by atoms with van der Waals surface area (Å²) in [4.78, 5) is 0. The van der Waals surface area contributed by atoms with Crippen LogP contribution in [0.25, 0.3) is 0 Å². The topological polar surface area (TPSA) is 35.8 Å². The van der Waals surface area contributed by atoms with Gasteiger partial charge in [-0.15, -0.1) is 0 Å². The number of rotatable bonds is 2. The Kier molecular flexibility index (Phi) is 3.11. The molecule has 1 unspecified atom stereocenters. The zero-order valence-corrected chi connectivity index (χ0v) is 10.7. The summed E-state index contributed by atoms with van der Waals surface area (Å²) in [5.41, 5.74) is 2.64. The van der Waals surface area contributed by atoms with Gasteiger partial charge in [0.25, 0.3) is 0 Å². The molecule has 0 aliphatic heterocycles. The standard InChI is InChI=1S/C16H12F2N2/c17-12-3-4-13-11(8-12)2-6-15(13)20-16-5-1-10(9-19)7-14(16)18/h1,3-5,7-8,15,20H,2,6H2. The third-order valence-electron chi connectivity index (χ3n) is 3.61. The molecule has 2 aromatic rings. The van der Waals surface area contributed by atoms with E-state index in [0.29, 0.717) is 11.3 Å². The zero-order chi connectivity index (χ0) is 14.1. The van der Waals surface area contributed by atoms with Gasteiger partial charge in [0, 0.05) is 0 Å². The number of anilines is 1. The van der Waals surface area contributed by atoms with Crippen molar-refractivity contribution in [2.45, 2.75) is 18.9 Å². The van der Waals surface area contributed by atoms with Crippen molar-refractivity contribution < 1.29 is 8.78 Å². The third kappa shape index (κ3) is 2.23. The van der Waals surface area contributed by atoms with E-state index in [1.165, 1.54) is 18.2 Å². The largest absolute Gasteiger partial charge is 0.376 e. The maximum Gasteiger partial charge on any atom is 0.147 e. The van der Waals surface area contributed by atoms with Crippen molar-refractivity contribution in [3.05, 3.63) is 64.7 Å². The van der Waals surface area contributed by atoms with Crippen LogP contribution in [-0.2, 0) is 6.42 Å². The number of nitrogens with zero attached hydrogens (tertiary/aromatic N) is 1. The summed E-state index contributed by atoms with van der Waals surface area (Å²) in [6, 6.07) is 10.9. The monoisotopic (exact) mass is 270 g/mol. The Labute approximate surface area is 115 Å². The number of nitriles is 1. The highest BCUT2D eigenvalue weighted by molar-refractivity contribution is 5.52. The second kappa shape index (κ2) is 4.93. The van der Waals surface area contributed by atoms with E-state index in [4.69, 9.17) is 5.26 Å². The second-order valence-electron chi connectivity index (χ2n) is 4.89. The van der Waals surface area contributed by atoms with Crippen LogP contribution in [0.5, 0.6) is 0 Å². The van der Waals surface area contributed by atoms with Gasteiger partial charge in [0.1, 0.15) is 11.6 Å². The molecule has 0 spiro atoms. The fraction of sp³-hybridized carbons (Fsp3) is 0.188. The number of halogens is 2. The van der Waals surface area contributed by atoms with Crippen molar-refractivity contribution in [3.8, 4) is 6.07 Å². The fourth-order valence-corrected chi connectivity index (χ4v) is 2.63. The summed E-state index contributed by atoms with van der Waals surface area (Å²) >= 11 is 0. The van der Waals surface area contributed by atoms with Gasteiger partial charge in [-0.1, -0.05) is 6.07 Å². The lowest BCUT2D eigenvalue weighted by atomic mass is 10.1. The van der Waals surface area contributed by atoms with Crippen molar-refractivity contribution in [1.29, 1.82) is 5.26 Å². The van der Waals surface area contributed by atoms with Gasteiger partial charge < -0.3 is 5.32 Å². The normalized spacial score (nSPS) is 16.6. The lowest BCUT2D eigenvalue weighted by molar-refractivity contribution is 0.623. The van der Waals surface area contributed by atoms with Crippen molar-refractivity contribution in [3.63, 3.8) is 0 Å². The molecule has 0 heterocycles. The van der Waals surface area contributed by atoms with E-state index in [9.17, 15) is 8.78 Å². The van der Waals surface area contributed by atoms with Crippen LogP contribution in [0.2, 0.25) is 0 Å². The molecular formula is C16H12F2N2. The van der Waals surface area contributed by atoms with Gasteiger partial charge in [-0.2, -0.15) is 5.26 Å². The minimum atomic E-state index is -0.445. The molecule has 0 saturated heterocycles. The van der Waals surface area contributed by atoms with Crippen LogP contribution in [0.15, 0.2) is 36.4 Å². The predicted molar refractivity (Wildman–Crippen MR) is 72.2 cm³/mol. The molecule has 100 valence electrons. The molecule has 0 bridgehead atoms. The van der Waals surface area contributed by atoms with Gasteiger partial charge >= 0.3 is 0 Å². The average molecular weight is 270 g/mol. The van der Waals surface area contributed by atoms with Gasteiger partial charge in [-0.25, -0.2) is 8.78 Å². The van der Waals surface area contributed by atoms with Crippen molar-refractivity contribution in [2.24, 2.45) is 0 Å². The highest BCUT2D eigenvalue weighted by Gasteiger charge is 2.23. The van der Waals surface area contributed by atoms with Crippen molar-refractivity contribution >= 4 is 5.69 Å². The summed E-state index contributed by atoms with van der Waals surface area (Å²) < 4.78 is 27.0. The van der Waals surface area contributed by atoms with Crippen LogP contribution in [0.3, 0.4) is 0 Å². The molecule has 0 aromatic heterocycles. The summed E-state index contributed by atoms with van der Waals surface area (Å²) in [7, 11) is 0. The smallest absolute Gasteiger partial charge is 0.147 e. The van der Waals surface area contributed by atoms with Gasteiger partial charge in [0.2, 0.25) is 0 Å². The van der Waals surface area contributed by atoms with E-state index in [-0.39, 0.29) is 11.9 Å². The Morgan fingerprint density at radius 2 is 2.00 bits per heavy atom. The van der Waals surface area contributed by atoms with E-state index >= 15 is 0 Å². The summed E-state index contributed by atoms with van der Waals surface area (Å²) in [6.07, 6.45) is 1.58. The molecule has 3 rings (SSSR count). The molecule has 0 fully saturated rings. The Bertz CT molecular complexity index is 704. The van der Waals surface area contributed by atoms with Gasteiger partial charge in [-0.3, -0.25) is 0 Å². The maximum absolute atomic E-state index is 13.9. The molecule has 1 atom stereocenters. The third-order valence-corrected chi connectivity index (χ3v) is 3.61. The number of aryl methyl sites for hydroxylation is 1. The van der Waals surface area contributed by atoms with Crippen LogP contribution in [0, 0.1) is 23.0 Å². The molecule has 2 aromatic carbocycles. The van der Waals surface area contributed by atoms with Crippen LogP contribution >= 0.6 is 0 Å². The number of hydrogen-bond donors (Lipinski definition) is 1. The van der Waals surface area contributed by atoms with Crippen LogP contribution in [0.1, 0.15) is 29.2 Å². The first-order valence-corrected chi connectivity index (χ1v) is 6.42. The lowest BCUT2D eigenvalue weighted by Crippen LogP contribution is -2.08. The average Bonchev–Trinajstić information content (AvgIpc) is 2.83. The Balaban J connectivity index is 1.86.